The van der Waals surface area contributed by atoms with E-state index in [4.69, 9.17) is 11.6 Å². The molecule has 24 heavy (non-hydrogen) atoms. The monoisotopic (exact) mass is 360 g/mol. The zero-order chi connectivity index (χ0) is 17.9. The number of carbonyl (C=O) groups excluding carboxylic acids is 2. The molecule has 0 atom stereocenters. The summed E-state index contributed by atoms with van der Waals surface area (Å²) < 4.78 is 51.2. The van der Waals surface area contributed by atoms with Crippen LogP contribution >= 0.6 is 11.6 Å². The molecule has 0 aliphatic carbocycles. The Bertz CT molecular complexity index is 793. The Hall–Kier alpha value is -2.61. The molecule has 0 saturated heterocycles. The highest BCUT2D eigenvalue weighted by molar-refractivity contribution is 6.43. The van der Waals surface area contributed by atoms with Gasteiger partial charge in [-0.1, -0.05) is 17.7 Å². The van der Waals surface area contributed by atoms with E-state index >= 15 is 0 Å². The summed E-state index contributed by atoms with van der Waals surface area (Å²) in [5.74, 6) is -3.00. The lowest BCUT2D eigenvalue weighted by atomic mass is 10.2. The van der Waals surface area contributed by atoms with Crippen LogP contribution in [0.4, 0.5) is 28.9 Å². The second kappa shape index (κ2) is 6.88. The van der Waals surface area contributed by atoms with Crippen molar-refractivity contribution in [2.45, 2.75) is 6.18 Å². The summed E-state index contributed by atoms with van der Waals surface area (Å²) in [7, 11) is 0. The SMILES string of the molecule is O=C(Nc1cccc(F)c1)C(=O)Nc1ccc(Cl)c(C(F)(F)F)c1. The number of carbonyl (C=O) groups is 2. The maximum absolute atomic E-state index is 13.0. The van der Waals surface area contributed by atoms with Crippen molar-refractivity contribution in [2.75, 3.05) is 10.6 Å². The quantitative estimate of drug-likeness (QED) is 0.626. The van der Waals surface area contributed by atoms with Gasteiger partial charge in [0, 0.05) is 11.4 Å². The third-order valence-electron chi connectivity index (χ3n) is 2.82. The number of alkyl halides is 3. The fourth-order valence-electron chi connectivity index (χ4n) is 1.76. The highest BCUT2D eigenvalue weighted by Crippen LogP contribution is 2.36. The first-order valence-electron chi connectivity index (χ1n) is 6.41. The minimum atomic E-state index is -4.71. The standard InChI is InChI=1S/C15H9ClF4N2O2/c16-12-5-4-10(7-11(12)15(18,19)20)22-14(24)13(23)21-9-3-1-2-8(17)6-9/h1-7H,(H,21,23)(H,22,24). The number of rotatable bonds is 2. The molecule has 0 spiro atoms. The van der Waals surface area contributed by atoms with E-state index in [1.54, 1.807) is 0 Å². The molecular weight excluding hydrogens is 352 g/mol. The van der Waals surface area contributed by atoms with Crippen molar-refractivity contribution >= 4 is 34.8 Å². The Morgan fingerprint density at radius 1 is 0.917 bits per heavy atom. The molecule has 0 aromatic heterocycles. The van der Waals surface area contributed by atoms with Crippen LogP contribution in [-0.2, 0) is 15.8 Å². The van der Waals surface area contributed by atoms with Crippen LogP contribution in [0, 0.1) is 5.82 Å². The van der Waals surface area contributed by atoms with E-state index < -0.39 is 34.4 Å². The number of anilines is 2. The Morgan fingerprint density at radius 3 is 2.04 bits per heavy atom. The summed E-state index contributed by atoms with van der Waals surface area (Å²) in [4.78, 5) is 23.4. The number of hydrogen-bond acceptors (Lipinski definition) is 2. The van der Waals surface area contributed by atoms with E-state index in [0.29, 0.717) is 6.07 Å². The molecule has 2 N–H and O–H groups in total. The highest BCUT2D eigenvalue weighted by Gasteiger charge is 2.33. The van der Waals surface area contributed by atoms with Crippen LogP contribution in [0.1, 0.15) is 5.56 Å². The van der Waals surface area contributed by atoms with Crippen LogP contribution in [0.25, 0.3) is 0 Å². The Balaban J connectivity index is 2.10. The number of halogens is 5. The smallest absolute Gasteiger partial charge is 0.318 e. The van der Waals surface area contributed by atoms with Gasteiger partial charge in [-0.2, -0.15) is 13.2 Å². The minimum Gasteiger partial charge on any atom is -0.318 e. The molecule has 0 unspecified atom stereocenters. The molecule has 0 aliphatic heterocycles. The van der Waals surface area contributed by atoms with Crippen LogP contribution in [0.3, 0.4) is 0 Å². The van der Waals surface area contributed by atoms with Gasteiger partial charge in [-0.25, -0.2) is 4.39 Å². The van der Waals surface area contributed by atoms with Crippen molar-refractivity contribution in [3.05, 3.63) is 58.9 Å². The molecule has 0 fully saturated rings. The average molecular weight is 361 g/mol. The van der Waals surface area contributed by atoms with Gasteiger partial charge in [-0.3, -0.25) is 9.59 Å². The van der Waals surface area contributed by atoms with Gasteiger partial charge >= 0.3 is 18.0 Å². The number of amides is 2. The molecule has 0 bridgehead atoms. The van der Waals surface area contributed by atoms with Crippen LogP contribution in [-0.4, -0.2) is 11.8 Å². The lowest BCUT2D eigenvalue weighted by Gasteiger charge is -2.11. The van der Waals surface area contributed by atoms with E-state index in [-0.39, 0.29) is 11.4 Å². The largest absolute Gasteiger partial charge is 0.417 e. The summed E-state index contributed by atoms with van der Waals surface area (Å²) in [6.07, 6.45) is -4.71. The van der Waals surface area contributed by atoms with E-state index in [1.807, 2.05) is 5.32 Å². The number of nitrogens with one attached hydrogen (secondary N) is 2. The first kappa shape index (κ1) is 17.7. The summed E-state index contributed by atoms with van der Waals surface area (Å²) in [5, 5.41) is 3.60. The van der Waals surface area contributed by atoms with Gasteiger partial charge in [0.2, 0.25) is 0 Å². The van der Waals surface area contributed by atoms with E-state index in [2.05, 4.69) is 5.32 Å². The molecule has 2 aromatic rings. The molecule has 4 nitrogen and oxygen atoms in total. The van der Waals surface area contributed by atoms with Crippen molar-refractivity contribution in [1.82, 2.24) is 0 Å². The third kappa shape index (κ3) is 4.45. The zero-order valence-corrected chi connectivity index (χ0v) is 12.5. The van der Waals surface area contributed by atoms with Crippen LogP contribution in [0.2, 0.25) is 5.02 Å². The molecule has 2 amide bonds. The van der Waals surface area contributed by atoms with Gasteiger partial charge in [0.05, 0.1) is 10.6 Å². The highest BCUT2D eigenvalue weighted by atomic mass is 35.5. The van der Waals surface area contributed by atoms with Gasteiger partial charge in [0.15, 0.2) is 0 Å². The molecule has 126 valence electrons. The topological polar surface area (TPSA) is 58.2 Å². The fraction of sp³-hybridized carbons (Fsp3) is 0.0667. The molecule has 0 aliphatic rings. The maximum atomic E-state index is 13.0. The van der Waals surface area contributed by atoms with Crippen molar-refractivity contribution in [1.29, 1.82) is 0 Å². The molecule has 0 radical (unpaired) electrons. The van der Waals surface area contributed by atoms with Gasteiger partial charge < -0.3 is 10.6 Å². The van der Waals surface area contributed by atoms with Crippen LogP contribution < -0.4 is 10.6 Å². The number of benzene rings is 2. The van der Waals surface area contributed by atoms with Gasteiger partial charge in [-0.15, -0.1) is 0 Å². The lowest BCUT2D eigenvalue weighted by molar-refractivity contribution is -0.137. The molecule has 0 saturated carbocycles. The summed E-state index contributed by atoms with van der Waals surface area (Å²) in [6.45, 7) is 0. The summed E-state index contributed by atoms with van der Waals surface area (Å²) >= 11 is 5.45. The van der Waals surface area contributed by atoms with Crippen molar-refractivity contribution in [2.24, 2.45) is 0 Å². The van der Waals surface area contributed by atoms with E-state index in [0.717, 1.165) is 24.3 Å². The predicted molar refractivity (Wildman–Crippen MR) is 80.1 cm³/mol. The summed E-state index contributed by atoms with van der Waals surface area (Å²) in [5.41, 5.74) is -1.37. The van der Waals surface area contributed by atoms with Gasteiger partial charge in [-0.05, 0) is 36.4 Å². The lowest BCUT2D eigenvalue weighted by Crippen LogP contribution is -2.29. The van der Waals surface area contributed by atoms with Gasteiger partial charge in [0.1, 0.15) is 5.82 Å². The molecular formula is C15H9ClF4N2O2. The minimum absolute atomic E-state index is 0.0298. The van der Waals surface area contributed by atoms with Gasteiger partial charge in [0.25, 0.3) is 0 Å². The zero-order valence-electron chi connectivity index (χ0n) is 11.7. The summed E-state index contributed by atoms with van der Waals surface area (Å²) in [6, 6.07) is 7.46. The Labute approximate surface area is 138 Å². The third-order valence-corrected chi connectivity index (χ3v) is 3.15. The fourth-order valence-corrected chi connectivity index (χ4v) is 1.99. The molecule has 0 heterocycles. The first-order chi connectivity index (χ1) is 11.2. The van der Waals surface area contributed by atoms with Crippen LogP contribution in [0.5, 0.6) is 0 Å². The second-order valence-corrected chi connectivity index (χ2v) is 5.02. The Morgan fingerprint density at radius 2 is 1.50 bits per heavy atom. The second-order valence-electron chi connectivity index (χ2n) is 4.61. The maximum Gasteiger partial charge on any atom is 0.417 e. The number of hydrogen-bond donors (Lipinski definition) is 2. The molecule has 9 heteroatoms. The van der Waals surface area contributed by atoms with Crippen molar-refractivity contribution < 1.29 is 27.2 Å². The molecule has 2 rings (SSSR count). The van der Waals surface area contributed by atoms with E-state index in [1.165, 1.54) is 12.1 Å². The Kier molecular flexibility index (Phi) is 5.08. The van der Waals surface area contributed by atoms with Crippen molar-refractivity contribution in [3.63, 3.8) is 0 Å². The van der Waals surface area contributed by atoms with Crippen molar-refractivity contribution in [3.8, 4) is 0 Å². The normalized spacial score (nSPS) is 11.0. The van der Waals surface area contributed by atoms with E-state index in [9.17, 15) is 27.2 Å². The van der Waals surface area contributed by atoms with Crippen LogP contribution in [0.15, 0.2) is 42.5 Å². The molecule has 2 aromatic carbocycles. The first-order valence-corrected chi connectivity index (χ1v) is 6.79. The average Bonchev–Trinajstić information content (AvgIpc) is 2.48. The predicted octanol–water partition coefficient (Wildman–Crippen LogP) is 4.08.